The van der Waals surface area contributed by atoms with Crippen molar-refractivity contribution in [3.8, 4) is 0 Å². The van der Waals surface area contributed by atoms with Crippen LogP contribution in [0.3, 0.4) is 0 Å². The van der Waals surface area contributed by atoms with Crippen molar-refractivity contribution in [1.29, 1.82) is 0 Å². The first-order valence-electron chi connectivity index (χ1n) is 9.64. The normalized spacial score (nSPS) is 26.2. The third kappa shape index (κ3) is 3.30. The molecule has 1 aliphatic heterocycles. The van der Waals surface area contributed by atoms with Gasteiger partial charge in [-0.2, -0.15) is 8.42 Å². The molecule has 3 atom stereocenters. The summed E-state index contributed by atoms with van der Waals surface area (Å²) in [5.74, 6) is 0.811. The van der Waals surface area contributed by atoms with Crippen molar-refractivity contribution in [1.82, 2.24) is 9.88 Å². The van der Waals surface area contributed by atoms with Gasteiger partial charge in [-0.05, 0) is 49.4 Å². The zero-order chi connectivity index (χ0) is 18.3. The van der Waals surface area contributed by atoms with Gasteiger partial charge in [-0.1, -0.05) is 25.5 Å². The van der Waals surface area contributed by atoms with Crippen molar-refractivity contribution >= 4 is 21.0 Å². The molecule has 1 saturated heterocycles. The fourth-order valence-corrected chi connectivity index (χ4v) is 5.91. The molecule has 1 N–H and O–H groups in total. The van der Waals surface area contributed by atoms with E-state index in [0.717, 1.165) is 25.8 Å². The van der Waals surface area contributed by atoms with E-state index < -0.39 is 10.1 Å². The minimum absolute atomic E-state index is 0.129. The topological polar surface area (TPSA) is 62.4 Å². The SMILES string of the molecule is CCCCS(=O)(=O)OCC1C[C@H]2c3cccc4[nH]cc(c34)C[C@@H]2N(C)C1. The summed E-state index contributed by atoms with van der Waals surface area (Å²) in [4.78, 5) is 5.80. The number of piperidine rings is 1. The molecule has 1 aromatic heterocycles. The maximum Gasteiger partial charge on any atom is 0.267 e. The number of likely N-dealkylation sites (tertiary alicyclic amines) is 1. The molecule has 0 saturated carbocycles. The van der Waals surface area contributed by atoms with Crippen LogP contribution >= 0.6 is 0 Å². The minimum atomic E-state index is -3.39. The Bertz CT molecular complexity index is 890. The van der Waals surface area contributed by atoms with Gasteiger partial charge < -0.3 is 9.88 Å². The fourth-order valence-electron chi connectivity index (χ4n) is 4.75. The summed E-state index contributed by atoms with van der Waals surface area (Å²) >= 11 is 0. The molecule has 2 aliphatic rings. The van der Waals surface area contributed by atoms with Crippen LogP contribution in [0.25, 0.3) is 10.9 Å². The number of H-pyrrole nitrogens is 1. The molecule has 1 unspecified atom stereocenters. The lowest BCUT2D eigenvalue weighted by Crippen LogP contribution is -2.48. The second kappa shape index (κ2) is 6.98. The quantitative estimate of drug-likeness (QED) is 0.786. The van der Waals surface area contributed by atoms with Gasteiger partial charge in [0.05, 0.1) is 12.4 Å². The van der Waals surface area contributed by atoms with Crippen LogP contribution in [0.4, 0.5) is 0 Å². The van der Waals surface area contributed by atoms with E-state index in [1.165, 1.54) is 22.0 Å². The molecule has 1 aromatic carbocycles. The van der Waals surface area contributed by atoms with E-state index in [1.54, 1.807) is 0 Å². The number of rotatable bonds is 6. The van der Waals surface area contributed by atoms with Crippen molar-refractivity contribution in [2.24, 2.45) is 5.92 Å². The number of aromatic nitrogens is 1. The highest BCUT2D eigenvalue weighted by Gasteiger charge is 2.39. The van der Waals surface area contributed by atoms with Crippen molar-refractivity contribution in [3.05, 3.63) is 35.5 Å². The monoisotopic (exact) mass is 376 g/mol. The minimum Gasteiger partial charge on any atom is -0.361 e. The number of unbranched alkanes of at least 4 members (excludes halogenated alkanes) is 1. The predicted molar refractivity (Wildman–Crippen MR) is 104 cm³/mol. The molecule has 1 fully saturated rings. The molecule has 4 rings (SSSR count). The number of fused-ring (bicyclic) bond motifs is 2. The second-order valence-electron chi connectivity index (χ2n) is 7.90. The summed E-state index contributed by atoms with van der Waals surface area (Å²) in [6.45, 7) is 3.18. The van der Waals surface area contributed by atoms with Gasteiger partial charge in [0.25, 0.3) is 10.1 Å². The van der Waals surface area contributed by atoms with Gasteiger partial charge in [-0.25, -0.2) is 0 Å². The standard InChI is InChI=1S/C20H28N2O3S/c1-3-4-8-26(23,24)25-13-14-9-17-16-6-5-7-18-20(16)15(11-21-18)10-19(17)22(2)12-14/h5-7,11,14,17,19,21H,3-4,8-10,12-13H2,1-2H3/t14?,17-,19-/m0/s1. The zero-order valence-corrected chi connectivity index (χ0v) is 16.4. The lowest BCUT2D eigenvalue weighted by molar-refractivity contribution is 0.0854. The lowest BCUT2D eigenvalue weighted by atomic mass is 9.72. The van der Waals surface area contributed by atoms with E-state index in [-0.39, 0.29) is 11.7 Å². The van der Waals surface area contributed by atoms with Crippen LogP contribution in [0.1, 0.15) is 43.2 Å². The number of hydrogen-bond donors (Lipinski definition) is 1. The fraction of sp³-hybridized carbons (Fsp3) is 0.600. The molecule has 2 heterocycles. The first-order valence-corrected chi connectivity index (χ1v) is 11.2. The zero-order valence-electron chi connectivity index (χ0n) is 15.6. The maximum atomic E-state index is 12.0. The maximum absolute atomic E-state index is 12.0. The highest BCUT2D eigenvalue weighted by molar-refractivity contribution is 7.86. The second-order valence-corrected chi connectivity index (χ2v) is 9.66. The summed E-state index contributed by atoms with van der Waals surface area (Å²) < 4.78 is 29.4. The molecule has 5 nitrogen and oxygen atoms in total. The van der Waals surface area contributed by atoms with E-state index in [2.05, 4.69) is 41.3 Å². The Hall–Kier alpha value is -1.37. The van der Waals surface area contributed by atoms with Crippen molar-refractivity contribution < 1.29 is 12.6 Å². The molecule has 0 bridgehead atoms. The van der Waals surface area contributed by atoms with Crippen LogP contribution in [0.2, 0.25) is 0 Å². The number of nitrogens with zero attached hydrogens (tertiary/aromatic N) is 1. The van der Waals surface area contributed by atoms with Crippen molar-refractivity contribution in [2.45, 2.75) is 44.6 Å². The van der Waals surface area contributed by atoms with E-state index >= 15 is 0 Å². The number of benzene rings is 1. The number of likely N-dealkylation sites (N-methyl/N-ethyl adjacent to an activating group) is 1. The smallest absolute Gasteiger partial charge is 0.267 e. The molecular formula is C20H28N2O3S. The Balaban J connectivity index is 1.52. The Morgan fingerprint density at radius 2 is 2.19 bits per heavy atom. The highest BCUT2D eigenvalue weighted by atomic mass is 32.2. The van der Waals surface area contributed by atoms with E-state index in [1.807, 2.05) is 6.92 Å². The Morgan fingerprint density at radius 1 is 1.35 bits per heavy atom. The molecule has 2 aromatic rings. The molecule has 0 radical (unpaired) electrons. The number of nitrogens with one attached hydrogen (secondary N) is 1. The van der Waals surface area contributed by atoms with Gasteiger partial charge in [-0.15, -0.1) is 0 Å². The lowest BCUT2D eigenvalue weighted by Gasteiger charge is -2.45. The average molecular weight is 377 g/mol. The van der Waals surface area contributed by atoms with Crippen LogP contribution in [-0.2, 0) is 20.7 Å². The average Bonchev–Trinajstić information content (AvgIpc) is 3.04. The number of hydrogen-bond acceptors (Lipinski definition) is 4. The Morgan fingerprint density at radius 3 is 3.00 bits per heavy atom. The van der Waals surface area contributed by atoms with Gasteiger partial charge in [-0.3, -0.25) is 4.18 Å². The van der Waals surface area contributed by atoms with Gasteiger partial charge >= 0.3 is 0 Å². The van der Waals surface area contributed by atoms with Crippen molar-refractivity contribution in [2.75, 3.05) is 26.0 Å². The first-order chi connectivity index (χ1) is 12.5. The van der Waals surface area contributed by atoms with Crippen LogP contribution in [0.15, 0.2) is 24.4 Å². The van der Waals surface area contributed by atoms with Crippen LogP contribution in [0.5, 0.6) is 0 Å². The van der Waals surface area contributed by atoms with Crippen LogP contribution in [0, 0.1) is 5.92 Å². The number of aromatic amines is 1. The first kappa shape index (κ1) is 18.0. The summed E-state index contributed by atoms with van der Waals surface area (Å²) in [7, 11) is -1.23. The molecule has 1 aliphatic carbocycles. The molecule has 0 amide bonds. The summed E-state index contributed by atoms with van der Waals surface area (Å²) in [5.41, 5.74) is 4.01. The molecule has 26 heavy (non-hydrogen) atoms. The highest BCUT2D eigenvalue weighted by Crippen LogP contribution is 2.44. The predicted octanol–water partition coefficient (Wildman–Crippen LogP) is 3.27. The third-order valence-electron chi connectivity index (χ3n) is 6.04. The largest absolute Gasteiger partial charge is 0.361 e. The van der Waals surface area contributed by atoms with Gasteiger partial charge in [0.2, 0.25) is 0 Å². The molecule has 6 heteroatoms. The Kier molecular flexibility index (Phi) is 4.84. The van der Waals surface area contributed by atoms with Crippen LogP contribution in [-0.4, -0.2) is 50.3 Å². The van der Waals surface area contributed by atoms with Gasteiger partial charge in [0.1, 0.15) is 0 Å². The Labute approximate surface area is 155 Å². The summed E-state index contributed by atoms with van der Waals surface area (Å²) in [6.07, 6.45) is 5.72. The van der Waals surface area contributed by atoms with E-state index in [4.69, 9.17) is 4.18 Å². The van der Waals surface area contributed by atoms with E-state index in [0.29, 0.717) is 25.0 Å². The van der Waals surface area contributed by atoms with Crippen molar-refractivity contribution in [3.63, 3.8) is 0 Å². The summed E-state index contributed by atoms with van der Waals surface area (Å²) in [6, 6.07) is 6.98. The molecule has 0 spiro atoms. The van der Waals surface area contributed by atoms with Crippen LogP contribution < -0.4 is 0 Å². The van der Waals surface area contributed by atoms with Gasteiger partial charge in [0, 0.05) is 35.6 Å². The van der Waals surface area contributed by atoms with E-state index in [9.17, 15) is 8.42 Å². The summed E-state index contributed by atoms with van der Waals surface area (Å²) in [5, 5.41) is 1.37. The van der Waals surface area contributed by atoms with Gasteiger partial charge in [0.15, 0.2) is 0 Å². The molecular weight excluding hydrogens is 348 g/mol. The third-order valence-corrected chi connectivity index (χ3v) is 7.33. The molecule has 142 valence electrons.